The molecule has 1 aliphatic rings. The fraction of sp³-hybridized carbons (Fsp3) is 0.692. The Balaban J connectivity index is 2.05. The monoisotopic (exact) mass is 253 g/mol. The predicted molar refractivity (Wildman–Crippen MR) is 68.2 cm³/mol. The van der Waals surface area contributed by atoms with Gasteiger partial charge in [0.1, 0.15) is 6.33 Å². The van der Waals surface area contributed by atoms with Crippen LogP contribution in [0.25, 0.3) is 0 Å². The second-order valence-electron chi connectivity index (χ2n) is 4.68. The van der Waals surface area contributed by atoms with Gasteiger partial charge in [0, 0.05) is 20.2 Å². The van der Waals surface area contributed by atoms with Gasteiger partial charge >= 0.3 is 0 Å². The summed E-state index contributed by atoms with van der Waals surface area (Å²) < 4.78 is 19.7. The first-order chi connectivity index (χ1) is 8.72. The lowest BCUT2D eigenvalue weighted by molar-refractivity contribution is 0.0214. The Morgan fingerprint density at radius 1 is 1.44 bits per heavy atom. The number of ether oxygens (including phenoxy) is 1. The van der Waals surface area contributed by atoms with Crippen molar-refractivity contribution in [3.05, 3.63) is 17.8 Å². The Morgan fingerprint density at radius 2 is 2.28 bits per heavy atom. The van der Waals surface area contributed by atoms with Gasteiger partial charge in [-0.2, -0.15) is 0 Å². The van der Waals surface area contributed by atoms with Crippen molar-refractivity contribution >= 4 is 5.82 Å². The van der Waals surface area contributed by atoms with Gasteiger partial charge in [0.2, 0.25) is 0 Å². The van der Waals surface area contributed by atoms with Crippen LogP contribution < -0.4 is 4.90 Å². The third-order valence-corrected chi connectivity index (χ3v) is 3.29. The molecule has 0 saturated carbocycles. The van der Waals surface area contributed by atoms with E-state index in [1.165, 1.54) is 12.7 Å². The summed E-state index contributed by atoms with van der Waals surface area (Å²) in [5.74, 6) is 0.0642. The zero-order valence-electron chi connectivity index (χ0n) is 11.0. The molecule has 1 aromatic heterocycles. The molecule has 5 heteroatoms. The van der Waals surface area contributed by atoms with Crippen molar-refractivity contribution in [1.82, 2.24) is 9.97 Å². The van der Waals surface area contributed by atoms with Crippen LogP contribution in [0.5, 0.6) is 0 Å². The first-order valence-corrected chi connectivity index (χ1v) is 6.54. The van der Waals surface area contributed by atoms with Crippen LogP contribution in [-0.4, -0.2) is 36.3 Å². The van der Waals surface area contributed by atoms with E-state index in [1.54, 1.807) is 0 Å². The normalized spacial score (nSPS) is 19.8. The number of aromatic nitrogens is 2. The number of aryl methyl sites for hydroxylation is 1. The van der Waals surface area contributed by atoms with Crippen molar-refractivity contribution in [2.75, 3.05) is 25.1 Å². The van der Waals surface area contributed by atoms with Crippen molar-refractivity contribution in [1.29, 1.82) is 0 Å². The van der Waals surface area contributed by atoms with Crippen LogP contribution in [0.3, 0.4) is 0 Å². The van der Waals surface area contributed by atoms with E-state index in [9.17, 15) is 4.39 Å². The maximum atomic E-state index is 14.1. The summed E-state index contributed by atoms with van der Waals surface area (Å²) in [5, 5.41) is 0. The summed E-state index contributed by atoms with van der Waals surface area (Å²) in [4.78, 5) is 9.80. The molecule has 0 aliphatic carbocycles. The molecule has 100 valence electrons. The Hall–Kier alpha value is -1.23. The molecule has 1 fully saturated rings. The van der Waals surface area contributed by atoms with Crippen molar-refractivity contribution in [3.8, 4) is 0 Å². The molecule has 1 aliphatic heterocycles. The van der Waals surface area contributed by atoms with Gasteiger partial charge in [-0.1, -0.05) is 6.92 Å². The molecule has 4 nitrogen and oxygen atoms in total. The van der Waals surface area contributed by atoms with Crippen LogP contribution in [0.15, 0.2) is 6.33 Å². The van der Waals surface area contributed by atoms with E-state index in [2.05, 4.69) is 9.97 Å². The third kappa shape index (κ3) is 2.96. The van der Waals surface area contributed by atoms with Gasteiger partial charge in [-0.05, 0) is 25.7 Å². The molecule has 1 atom stereocenters. The lowest BCUT2D eigenvalue weighted by Crippen LogP contribution is -2.34. The minimum absolute atomic E-state index is 0.184. The molecule has 0 unspecified atom stereocenters. The second kappa shape index (κ2) is 6.09. The van der Waals surface area contributed by atoms with Gasteiger partial charge in [0.15, 0.2) is 11.6 Å². The van der Waals surface area contributed by atoms with Crippen LogP contribution in [0.1, 0.15) is 31.9 Å². The van der Waals surface area contributed by atoms with Crippen molar-refractivity contribution in [2.24, 2.45) is 0 Å². The molecule has 2 heterocycles. The molecule has 0 bridgehead atoms. The lowest BCUT2D eigenvalue weighted by atomic mass is 10.1. The van der Waals surface area contributed by atoms with E-state index in [4.69, 9.17) is 4.74 Å². The number of halogens is 1. The Labute approximate surface area is 107 Å². The fourth-order valence-corrected chi connectivity index (χ4v) is 2.25. The average molecular weight is 253 g/mol. The van der Waals surface area contributed by atoms with Gasteiger partial charge < -0.3 is 9.64 Å². The van der Waals surface area contributed by atoms with E-state index >= 15 is 0 Å². The predicted octanol–water partition coefficient (Wildman–Crippen LogP) is 2.18. The SMILES string of the molecule is CCc1ncnc(N(C)C[C@H]2CCCCO2)c1F. The van der Waals surface area contributed by atoms with Crippen LogP contribution >= 0.6 is 0 Å². The lowest BCUT2D eigenvalue weighted by Gasteiger charge is -2.28. The molecule has 2 rings (SSSR count). The zero-order chi connectivity index (χ0) is 13.0. The standard InChI is InChI=1S/C13H20FN3O/c1-3-11-12(14)13(16-9-15-11)17(2)8-10-6-4-5-7-18-10/h9-10H,3-8H2,1-2H3/t10-/m1/s1. The van der Waals surface area contributed by atoms with Crippen LogP contribution in [-0.2, 0) is 11.2 Å². The minimum atomic E-state index is -0.307. The Kier molecular flexibility index (Phi) is 4.47. The highest BCUT2D eigenvalue weighted by Crippen LogP contribution is 2.20. The van der Waals surface area contributed by atoms with Gasteiger partial charge in [-0.3, -0.25) is 0 Å². The third-order valence-electron chi connectivity index (χ3n) is 3.29. The van der Waals surface area contributed by atoms with E-state index < -0.39 is 0 Å². The van der Waals surface area contributed by atoms with E-state index in [0.29, 0.717) is 24.5 Å². The molecule has 0 amide bonds. The van der Waals surface area contributed by atoms with Gasteiger partial charge in [-0.25, -0.2) is 14.4 Å². The number of hydrogen-bond donors (Lipinski definition) is 0. The number of nitrogens with zero attached hydrogens (tertiary/aromatic N) is 3. The molecular formula is C13H20FN3O. The van der Waals surface area contributed by atoms with Gasteiger partial charge in [0.05, 0.1) is 11.8 Å². The van der Waals surface area contributed by atoms with Crippen LogP contribution in [0.4, 0.5) is 10.2 Å². The van der Waals surface area contributed by atoms with Crippen LogP contribution in [0, 0.1) is 5.82 Å². The smallest absolute Gasteiger partial charge is 0.187 e. The minimum Gasteiger partial charge on any atom is -0.376 e. The molecule has 0 spiro atoms. The molecule has 18 heavy (non-hydrogen) atoms. The number of hydrogen-bond acceptors (Lipinski definition) is 4. The van der Waals surface area contributed by atoms with Crippen molar-refractivity contribution in [3.63, 3.8) is 0 Å². The topological polar surface area (TPSA) is 38.2 Å². The molecule has 0 N–H and O–H groups in total. The molecule has 1 saturated heterocycles. The fourth-order valence-electron chi connectivity index (χ4n) is 2.25. The molecule has 0 aromatic carbocycles. The highest BCUT2D eigenvalue weighted by atomic mass is 19.1. The average Bonchev–Trinajstić information content (AvgIpc) is 2.40. The highest BCUT2D eigenvalue weighted by Gasteiger charge is 2.19. The second-order valence-corrected chi connectivity index (χ2v) is 4.68. The molecular weight excluding hydrogens is 233 g/mol. The summed E-state index contributed by atoms with van der Waals surface area (Å²) in [5.41, 5.74) is 0.469. The first kappa shape index (κ1) is 13.2. The Morgan fingerprint density at radius 3 is 2.94 bits per heavy atom. The zero-order valence-corrected chi connectivity index (χ0v) is 11.0. The summed E-state index contributed by atoms with van der Waals surface area (Å²) in [7, 11) is 1.85. The van der Waals surface area contributed by atoms with Crippen molar-refractivity contribution < 1.29 is 9.13 Å². The van der Waals surface area contributed by atoms with Gasteiger partial charge in [0.25, 0.3) is 0 Å². The van der Waals surface area contributed by atoms with E-state index in [1.807, 2.05) is 18.9 Å². The Bertz CT molecular complexity index is 394. The number of anilines is 1. The summed E-state index contributed by atoms with van der Waals surface area (Å²) in [6.45, 7) is 3.38. The summed E-state index contributed by atoms with van der Waals surface area (Å²) >= 11 is 0. The van der Waals surface area contributed by atoms with Crippen LogP contribution in [0.2, 0.25) is 0 Å². The maximum Gasteiger partial charge on any atom is 0.187 e. The maximum absolute atomic E-state index is 14.1. The van der Waals surface area contributed by atoms with E-state index in [0.717, 1.165) is 19.4 Å². The van der Waals surface area contributed by atoms with E-state index in [-0.39, 0.29) is 11.9 Å². The largest absolute Gasteiger partial charge is 0.376 e. The number of rotatable bonds is 4. The molecule has 0 radical (unpaired) electrons. The quantitative estimate of drug-likeness (QED) is 0.824. The number of likely N-dealkylation sites (N-methyl/N-ethyl adjacent to an activating group) is 1. The highest BCUT2D eigenvalue weighted by molar-refractivity contribution is 5.40. The first-order valence-electron chi connectivity index (χ1n) is 6.54. The summed E-state index contributed by atoms with van der Waals surface area (Å²) in [6.07, 6.45) is 5.54. The van der Waals surface area contributed by atoms with Crippen molar-refractivity contribution in [2.45, 2.75) is 38.7 Å². The molecule has 1 aromatic rings. The summed E-state index contributed by atoms with van der Waals surface area (Å²) in [6, 6.07) is 0. The van der Waals surface area contributed by atoms with Gasteiger partial charge in [-0.15, -0.1) is 0 Å².